The van der Waals surface area contributed by atoms with Crippen LogP contribution in [0.2, 0.25) is 0 Å². The van der Waals surface area contributed by atoms with E-state index in [4.69, 9.17) is 4.74 Å². The highest BCUT2D eigenvalue weighted by atomic mass is 32.2. The highest BCUT2D eigenvalue weighted by Crippen LogP contribution is 2.30. The average Bonchev–Trinajstić information content (AvgIpc) is 3.58. The highest BCUT2D eigenvalue weighted by Gasteiger charge is 2.32. The van der Waals surface area contributed by atoms with E-state index >= 15 is 0 Å². The van der Waals surface area contributed by atoms with Crippen LogP contribution in [0.1, 0.15) is 68.9 Å². The van der Waals surface area contributed by atoms with Gasteiger partial charge in [0.25, 0.3) is 0 Å². The van der Waals surface area contributed by atoms with Crippen molar-refractivity contribution in [1.82, 2.24) is 19.4 Å². The summed E-state index contributed by atoms with van der Waals surface area (Å²) >= 11 is 0. The van der Waals surface area contributed by atoms with E-state index in [0.717, 1.165) is 40.5 Å². The third-order valence-corrected chi connectivity index (χ3v) is 10.5. The monoisotopic (exact) mass is 532 g/mol. The number of carbonyl (C=O) groups excluding carboxylic acids is 1. The molecule has 0 radical (unpaired) electrons. The van der Waals surface area contributed by atoms with Gasteiger partial charge in [-0.1, -0.05) is 0 Å². The highest BCUT2D eigenvalue weighted by molar-refractivity contribution is 7.82. The van der Waals surface area contributed by atoms with Crippen LogP contribution >= 0.6 is 0 Å². The molecule has 2 aliphatic heterocycles. The fraction of sp³-hybridized carbons (Fsp3) is 0.759. The molecule has 1 amide bonds. The smallest absolute Gasteiger partial charge is 0.221 e. The number of amides is 1. The molecule has 3 fully saturated rings. The molecule has 1 unspecified atom stereocenters. The third-order valence-electron chi connectivity index (χ3n) is 8.73. The van der Waals surface area contributed by atoms with Crippen molar-refractivity contribution in [3.63, 3.8) is 0 Å². The normalized spacial score (nSPS) is 26.0. The zero-order valence-corrected chi connectivity index (χ0v) is 24.3. The van der Waals surface area contributed by atoms with Crippen LogP contribution in [-0.2, 0) is 15.8 Å². The summed E-state index contributed by atoms with van der Waals surface area (Å²) in [6.07, 6.45) is 10.4. The van der Waals surface area contributed by atoms with E-state index < -0.39 is 11.0 Å². The van der Waals surface area contributed by atoms with Gasteiger partial charge in [-0.2, -0.15) is 0 Å². The molecule has 8 heteroatoms. The quantitative estimate of drug-likeness (QED) is 0.469. The first-order chi connectivity index (χ1) is 17.8. The minimum atomic E-state index is -1.31. The first-order valence-electron chi connectivity index (χ1n) is 14.4. The van der Waals surface area contributed by atoms with E-state index in [9.17, 15) is 9.00 Å². The molecule has 7 nitrogen and oxygen atoms in total. The minimum absolute atomic E-state index is 0.0682. The molecule has 0 bridgehead atoms. The summed E-state index contributed by atoms with van der Waals surface area (Å²) in [4.78, 5) is 18.9. The number of ether oxygens (including phenoxy) is 1. The maximum Gasteiger partial charge on any atom is 0.221 e. The van der Waals surface area contributed by atoms with Crippen molar-refractivity contribution >= 4 is 16.9 Å². The van der Waals surface area contributed by atoms with Crippen LogP contribution in [0.4, 0.5) is 0 Å². The SMILES string of the molecule is COc1cc(C)c(S(=O)N(C)CCC(=O)NC2CCC(N3CC[C@H](CCN4CCCC4)C3)CC2)c(C)c1. The number of rotatable bonds is 11. The lowest BCUT2D eigenvalue weighted by Gasteiger charge is -2.35. The number of likely N-dealkylation sites (tertiary alicyclic amines) is 2. The first kappa shape index (κ1) is 28.5. The topological polar surface area (TPSA) is 65.1 Å². The second-order valence-electron chi connectivity index (χ2n) is 11.5. The minimum Gasteiger partial charge on any atom is -0.497 e. The molecule has 1 aromatic carbocycles. The molecule has 1 saturated carbocycles. The lowest BCUT2D eigenvalue weighted by molar-refractivity contribution is -0.122. The van der Waals surface area contributed by atoms with Gasteiger partial charge < -0.3 is 19.9 Å². The van der Waals surface area contributed by atoms with Crippen molar-refractivity contribution in [3.8, 4) is 5.75 Å². The second-order valence-corrected chi connectivity index (χ2v) is 13.0. The Labute approximate surface area is 226 Å². The Morgan fingerprint density at radius 3 is 2.41 bits per heavy atom. The van der Waals surface area contributed by atoms with Gasteiger partial charge >= 0.3 is 0 Å². The summed E-state index contributed by atoms with van der Waals surface area (Å²) in [6, 6.07) is 4.79. The number of benzene rings is 1. The molecule has 3 aliphatic rings. The predicted octanol–water partition coefficient (Wildman–Crippen LogP) is 3.89. The molecule has 1 aliphatic carbocycles. The van der Waals surface area contributed by atoms with Crippen molar-refractivity contribution < 1.29 is 13.7 Å². The van der Waals surface area contributed by atoms with Gasteiger partial charge in [-0.15, -0.1) is 0 Å². The zero-order chi connectivity index (χ0) is 26.4. The van der Waals surface area contributed by atoms with E-state index in [1.807, 2.05) is 33.0 Å². The fourth-order valence-corrected chi connectivity index (χ4v) is 7.73. The Hall–Kier alpha value is -1.48. The molecule has 2 heterocycles. The molecule has 37 heavy (non-hydrogen) atoms. The molecular weight excluding hydrogens is 484 g/mol. The molecular formula is C29H48N4O3S. The lowest BCUT2D eigenvalue weighted by atomic mass is 9.90. The maximum atomic E-state index is 13.1. The largest absolute Gasteiger partial charge is 0.497 e. The Morgan fingerprint density at radius 1 is 1.08 bits per heavy atom. The molecule has 2 saturated heterocycles. The lowest BCUT2D eigenvalue weighted by Crippen LogP contribution is -2.44. The van der Waals surface area contributed by atoms with Gasteiger partial charge in [-0.3, -0.25) is 4.79 Å². The van der Waals surface area contributed by atoms with Crippen molar-refractivity contribution in [2.24, 2.45) is 5.92 Å². The second kappa shape index (κ2) is 13.5. The number of methoxy groups -OCH3 is 1. The zero-order valence-electron chi connectivity index (χ0n) is 23.5. The van der Waals surface area contributed by atoms with Crippen LogP contribution in [0.3, 0.4) is 0 Å². The van der Waals surface area contributed by atoms with Crippen LogP contribution in [0.15, 0.2) is 17.0 Å². The maximum absolute atomic E-state index is 13.1. The molecule has 208 valence electrons. The van der Waals surface area contributed by atoms with Crippen molar-refractivity contribution in [2.75, 3.05) is 53.4 Å². The molecule has 2 atom stereocenters. The summed E-state index contributed by atoms with van der Waals surface area (Å²) in [6.45, 7) is 10.8. The van der Waals surface area contributed by atoms with Crippen molar-refractivity contribution in [3.05, 3.63) is 23.3 Å². The van der Waals surface area contributed by atoms with Gasteiger partial charge in [0.1, 0.15) is 16.7 Å². The van der Waals surface area contributed by atoms with Crippen molar-refractivity contribution in [2.45, 2.75) is 88.6 Å². The number of hydrogen-bond donors (Lipinski definition) is 1. The molecule has 0 spiro atoms. The van der Waals surface area contributed by atoms with E-state index in [0.29, 0.717) is 19.0 Å². The summed E-state index contributed by atoms with van der Waals surface area (Å²) in [5.41, 5.74) is 1.89. The Balaban J connectivity index is 1.14. The summed E-state index contributed by atoms with van der Waals surface area (Å²) in [5.74, 6) is 1.71. The van der Waals surface area contributed by atoms with E-state index in [1.165, 1.54) is 71.2 Å². The molecule has 0 aromatic heterocycles. The van der Waals surface area contributed by atoms with E-state index in [1.54, 1.807) is 11.4 Å². The Kier molecular flexibility index (Phi) is 10.4. The predicted molar refractivity (Wildman–Crippen MR) is 150 cm³/mol. The van der Waals surface area contributed by atoms with Gasteiger partial charge in [0.2, 0.25) is 5.91 Å². The first-order valence-corrected chi connectivity index (χ1v) is 15.5. The molecule has 4 rings (SSSR count). The average molecular weight is 533 g/mol. The van der Waals surface area contributed by atoms with Gasteiger partial charge in [0.05, 0.1) is 12.0 Å². The van der Waals surface area contributed by atoms with Crippen molar-refractivity contribution in [1.29, 1.82) is 0 Å². The van der Waals surface area contributed by atoms with Crippen LogP contribution in [-0.4, -0.2) is 89.7 Å². The number of carbonyl (C=O) groups is 1. The Morgan fingerprint density at radius 2 is 1.76 bits per heavy atom. The van der Waals surface area contributed by atoms with Crippen LogP contribution in [0.5, 0.6) is 5.75 Å². The third kappa shape index (κ3) is 7.78. The van der Waals surface area contributed by atoms with Gasteiger partial charge in [-0.05, 0) is 121 Å². The number of hydrogen-bond acceptors (Lipinski definition) is 5. The molecule has 1 N–H and O–H groups in total. The summed E-state index contributed by atoms with van der Waals surface area (Å²) in [7, 11) is 2.16. The standard InChI is InChI=1S/C29H48N4O3S/c1-22-19-27(36-4)20-23(2)29(22)37(35)31(3)16-13-28(34)30-25-7-9-26(10-8-25)33-18-12-24(21-33)11-17-32-14-5-6-15-32/h19-20,24-26H,5-18,21H2,1-4H3,(H,30,34)/t24-,25?,26?,37?/m0/s1. The van der Waals surface area contributed by atoms with Crippen LogP contribution in [0.25, 0.3) is 0 Å². The Bertz CT molecular complexity index is 905. The van der Waals surface area contributed by atoms with E-state index in [2.05, 4.69) is 15.1 Å². The number of aryl methyl sites for hydroxylation is 2. The van der Waals surface area contributed by atoms with Gasteiger partial charge in [0, 0.05) is 38.6 Å². The van der Waals surface area contributed by atoms with E-state index in [-0.39, 0.29) is 11.9 Å². The molecule has 1 aromatic rings. The van der Waals surface area contributed by atoms with Crippen LogP contribution in [0, 0.1) is 19.8 Å². The number of nitrogens with one attached hydrogen (secondary N) is 1. The summed E-state index contributed by atoms with van der Waals surface area (Å²) in [5, 5.41) is 3.26. The van der Waals surface area contributed by atoms with Gasteiger partial charge in [0.15, 0.2) is 0 Å². The van der Waals surface area contributed by atoms with Crippen LogP contribution < -0.4 is 10.1 Å². The fourth-order valence-electron chi connectivity index (χ4n) is 6.49. The summed E-state index contributed by atoms with van der Waals surface area (Å²) < 4.78 is 20.2. The van der Waals surface area contributed by atoms with Gasteiger partial charge in [-0.25, -0.2) is 8.51 Å². The number of nitrogens with zero attached hydrogens (tertiary/aromatic N) is 3.